The number of aromatic carboxylic acids is 1. The van der Waals surface area contributed by atoms with Crippen molar-refractivity contribution in [3.63, 3.8) is 0 Å². The largest absolute Gasteiger partial charge is 0.505 e. The summed E-state index contributed by atoms with van der Waals surface area (Å²) in [6.07, 6.45) is 0. The number of azo groups is 3. The van der Waals surface area contributed by atoms with Gasteiger partial charge >= 0.3 is 16.4 Å². The number of nitrogens with one attached hydrogen (secondary N) is 1. The van der Waals surface area contributed by atoms with E-state index in [1.165, 1.54) is 12.1 Å². The summed E-state index contributed by atoms with van der Waals surface area (Å²) in [5.41, 5.74) is -2.21. The van der Waals surface area contributed by atoms with E-state index in [9.17, 15) is 54.7 Å². The minimum absolute atomic E-state index is 0.000157. The number of carboxylic acids is 1. The number of sulfone groups is 1. The van der Waals surface area contributed by atoms with Crippen molar-refractivity contribution < 1.29 is 63.5 Å². The van der Waals surface area contributed by atoms with Gasteiger partial charge in [-0.2, -0.15) is 27.1 Å². The fraction of sp³-hybridized carbons (Fsp3) is 0.133. The molecule has 0 aliphatic carbocycles. The maximum atomic E-state index is 12.4. The molecule has 0 saturated heterocycles. The second-order valence-electron chi connectivity index (χ2n) is 10.8. The highest BCUT2D eigenvalue weighted by atomic mass is 32.3. The van der Waals surface area contributed by atoms with Gasteiger partial charge in [-0.3, -0.25) is 13.9 Å². The zero-order valence-electron chi connectivity index (χ0n) is 27.6. The van der Waals surface area contributed by atoms with Crippen LogP contribution >= 0.6 is 0 Å². The molecule has 0 bridgehead atoms. The highest BCUT2D eigenvalue weighted by Gasteiger charge is 2.24. The fourth-order valence-corrected chi connectivity index (χ4v) is 6.35. The standard InChI is InChI=1S/C30H27N7O14S3/c1-16-3-5-18(6-4-16)33-36-27-21(30(41)42)13-25(39)28(29(27)40)37-35-24-14-22(31-17(2)38)23(15-26(24)53(45,46)47)34-32-19-7-9-20(10-8-19)52(43,44)12-11-51-54(48,49)50/h3-10,13-15,39-40H,11-12H2,1-2H3,(H,31,38)(H,41,42)(H,45,46,47)(H,48,49,50). The maximum absolute atomic E-state index is 12.4. The summed E-state index contributed by atoms with van der Waals surface area (Å²) in [5.74, 6) is -5.04. The van der Waals surface area contributed by atoms with Crippen molar-refractivity contribution in [2.24, 2.45) is 30.7 Å². The molecule has 0 heterocycles. The van der Waals surface area contributed by atoms with Gasteiger partial charge in [-0.1, -0.05) is 17.7 Å². The lowest BCUT2D eigenvalue weighted by Crippen LogP contribution is -2.15. The van der Waals surface area contributed by atoms with E-state index in [-0.39, 0.29) is 27.6 Å². The SMILES string of the molecule is CC(=O)Nc1cc(N=Nc2c(O)cc(C(=O)O)c(N=Nc3ccc(C)cc3)c2O)c(S(=O)(=O)O)cc1N=Nc1ccc(S(=O)(=O)CCOS(=O)(=O)O)cc1. The van der Waals surface area contributed by atoms with Crippen molar-refractivity contribution in [2.45, 2.75) is 23.6 Å². The Morgan fingerprint density at radius 2 is 1.30 bits per heavy atom. The quantitative estimate of drug-likeness (QED) is 0.0615. The van der Waals surface area contributed by atoms with E-state index in [4.69, 9.17) is 4.55 Å². The molecule has 284 valence electrons. The Bertz CT molecular complexity index is 2540. The number of hydrogen-bond acceptors (Lipinski definition) is 17. The lowest BCUT2D eigenvalue weighted by molar-refractivity contribution is -0.114. The number of anilines is 1. The van der Waals surface area contributed by atoms with Crippen molar-refractivity contribution in [1.29, 1.82) is 0 Å². The van der Waals surface area contributed by atoms with Gasteiger partial charge in [0, 0.05) is 6.92 Å². The van der Waals surface area contributed by atoms with Crippen LogP contribution in [0.15, 0.2) is 107 Å². The van der Waals surface area contributed by atoms with Crippen LogP contribution in [0.1, 0.15) is 22.8 Å². The third-order valence-electron chi connectivity index (χ3n) is 6.73. The summed E-state index contributed by atoms with van der Waals surface area (Å²) in [6.45, 7) is 2.05. The van der Waals surface area contributed by atoms with Crippen LogP contribution in [0, 0.1) is 6.92 Å². The van der Waals surface area contributed by atoms with E-state index in [1.54, 1.807) is 24.3 Å². The number of hydrogen-bond donors (Lipinski definition) is 6. The molecule has 0 saturated carbocycles. The van der Waals surface area contributed by atoms with Gasteiger partial charge in [-0.05, 0) is 61.5 Å². The Balaban J connectivity index is 1.74. The molecule has 0 aliphatic heterocycles. The molecular formula is C30H27N7O14S3. The summed E-state index contributed by atoms with van der Waals surface area (Å²) >= 11 is 0. The van der Waals surface area contributed by atoms with Gasteiger partial charge in [0.15, 0.2) is 21.3 Å². The Hall–Kier alpha value is -6.05. The third kappa shape index (κ3) is 10.7. The first-order valence-corrected chi connectivity index (χ1v) is 19.1. The molecule has 54 heavy (non-hydrogen) atoms. The number of aromatic hydroxyl groups is 2. The maximum Gasteiger partial charge on any atom is 0.397 e. The molecule has 0 fully saturated rings. The van der Waals surface area contributed by atoms with E-state index in [0.717, 1.165) is 36.8 Å². The second kappa shape index (κ2) is 16.3. The molecule has 24 heteroatoms. The smallest absolute Gasteiger partial charge is 0.397 e. The summed E-state index contributed by atoms with van der Waals surface area (Å²) in [7, 11) is -14.1. The van der Waals surface area contributed by atoms with Crippen molar-refractivity contribution in [3.05, 3.63) is 77.9 Å². The molecule has 21 nitrogen and oxygen atoms in total. The normalized spacial score (nSPS) is 12.5. The van der Waals surface area contributed by atoms with E-state index >= 15 is 0 Å². The van der Waals surface area contributed by atoms with Gasteiger partial charge in [0.25, 0.3) is 10.1 Å². The Morgan fingerprint density at radius 3 is 1.85 bits per heavy atom. The zero-order valence-corrected chi connectivity index (χ0v) is 30.0. The van der Waals surface area contributed by atoms with Crippen LogP contribution in [-0.2, 0) is 39.3 Å². The minimum atomic E-state index is -5.15. The molecule has 0 unspecified atom stereocenters. The van der Waals surface area contributed by atoms with E-state index in [1.807, 2.05) is 6.92 Å². The average molecular weight is 806 g/mol. The van der Waals surface area contributed by atoms with Crippen LogP contribution in [0.5, 0.6) is 11.5 Å². The number of aryl methyl sites for hydroxylation is 1. The molecule has 4 aromatic carbocycles. The molecule has 0 aromatic heterocycles. The number of nitrogens with zero attached hydrogens (tertiary/aromatic N) is 6. The molecule has 0 aliphatic rings. The summed E-state index contributed by atoms with van der Waals surface area (Å²) < 4.78 is 93.8. The Morgan fingerprint density at radius 1 is 0.741 bits per heavy atom. The van der Waals surface area contributed by atoms with E-state index in [0.29, 0.717) is 6.07 Å². The number of benzene rings is 4. The van der Waals surface area contributed by atoms with Gasteiger partial charge < -0.3 is 20.6 Å². The molecule has 1 amide bonds. The summed E-state index contributed by atoms with van der Waals surface area (Å²) in [5, 5.41) is 56.3. The van der Waals surface area contributed by atoms with Crippen LogP contribution in [0.3, 0.4) is 0 Å². The number of phenols is 2. The van der Waals surface area contributed by atoms with Crippen LogP contribution in [-0.4, -0.2) is 73.9 Å². The number of carbonyl (C=O) groups excluding carboxylic acids is 1. The first-order chi connectivity index (χ1) is 25.1. The summed E-state index contributed by atoms with van der Waals surface area (Å²) in [6, 6.07) is 13.4. The highest BCUT2D eigenvalue weighted by Crippen LogP contribution is 2.47. The van der Waals surface area contributed by atoms with Crippen LogP contribution in [0.25, 0.3) is 0 Å². The predicted molar refractivity (Wildman–Crippen MR) is 187 cm³/mol. The molecular weight excluding hydrogens is 779 g/mol. The van der Waals surface area contributed by atoms with E-state index in [2.05, 4.69) is 40.2 Å². The average Bonchev–Trinajstić information content (AvgIpc) is 3.06. The first-order valence-electron chi connectivity index (χ1n) is 14.7. The number of phenolic OH excluding ortho intramolecular Hbond substituents is 2. The molecule has 0 spiro atoms. The molecule has 0 atom stereocenters. The molecule has 6 N–H and O–H groups in total. The Kier molecular flexibility index (Phi) is 12.3. The topological polar surface area (TPSA) is 333 Å². The lowest BCUT2D eigenvalue weighted by atomic mass is 10.1. The highest BCUT2D eigenvalue weighted by molar-refractivity contribution is 7.91. The van der Waals surface area contributed by atoms with Crippen molar-refractivity contribution in [1.82, 2.24) is 0 Å². The molecule has 4 aromatic rings. The third-order valence-corrected chi connectivity index (χ3v) is 9.78. The van der Waals surface area contributed by atoms with Crippen LogP contribution in [0.4, 0.5) is 39.8 Å². The van der Waals surface area contributed by atoms with Gasteiger partial charge in [0.05, 0.1) is 39.9 Å². The minimum Gasteiger partial charge on any atom is -0.505 e. The van der Waals surface area contributed by atoms with Gasteiger partial charge in [0.2, 0.25) is 5.91 Å². The summed E-state index contributed by atoms with van der Waals surface area (Å²) in [4.78, 5) is 22.7. The van der Waals surface area contributed by atoms with Gasteiger partial charge in [0.1, 0.15) is 27.7 Å². The van der Waals surface area contributed by atoms with Crippen molar-refractivity contribution in [3.8, 4) is 11.5 Å². The number of rotatable bonds is 14. The van der Waals surface area contributed by atoms with Crippen LogP contribution in [0.2, 0.25) is 0 Å². The second-order valence-corrected chi connectivity index (χ2v) is 15.4. The van der Waals surface area contributed by atoms with Crippen molar-refractivity contribution >= 4 is 82.0 Å². The first kappa shape index (κ1) is 40.7. The monoisotopic (exact) mass is 805 g/mol. The molecule has 4 rings (SSSR count). The number of carbonyl (C=O) groups is 2. The number of carboxylic acid groups (broad SMARTS) is 1. The van der Waals surface area contributed by atoms with Gasteiger partial charge in [-0.25, -0.2) is 17.4 Å². The van der Waals surface area contributed by atoms with Gasteiger partial charge in [-0.15, -0.1) is 20.5 Å². The zero-order chi connectivity index (χ0) is 40.0. The van der Waals surface area contributed by atoms with E-state index < -0.39 is 93.6 Å². The van der Waals surface area contributed by atoms with Crippen molar-refractivity contribution in [2.75, 3.05) is 17.7 Å². The van der Waals surface area contributed by atoms with Crippen LogP contribution < -0.4 is 5.32 Å². The fourth-order valence-electron chi connectivity index (χ4n) is 4.23. The number of amides is 1. The Labute approximate surface area is 306 Å². The molecule has 0 radical (unpaired) electrons. The lowest BCUT2D eigenvalue weighted by Gasteiger charge is -2.11. The predicted octanol–water partition coefficient (Wildman–Crippen LogP) is 6.15.